The fraction of sp³-hybridized carbons (Fsp3) is 0. The Bertz CT molecular complexity index is 349. The van der Waals surface area contributed by atoms with Crippen molar-refractivity contribution in [3.63, 3.8) is 0 Å². The van der Waals surface area contributed by atoms with E-state index in [-0.39, 0.29) is 82.6 Å². The van der Waals surface area contributed by atoms with Gasteiger partial charge in [0.2, 0.25) is 0 Å². The Hall–Kier alpha value is 2.03. The summed E-state index contributed by atoms with van der Waals surface area (Å²) in [5, 5.41) is 0. The van der Waals surface area contributed by atoms with Gasteiger partial charge in [0.25, 0.3) is 0 Å². The van der Waals surface area contributed by atoms with E-state index in [0.717, 1.165) is 0 Å². The van der Waals surface area contributed by atoms with Crippen molar-refractivity contribution in [3.8, 4) is 0 Å². The first-order valence-electron chi connectivity index (χ1n) is 2.06. The standard InChI is InChI=1S/Cu.Dy.FH.H3N.Ni.H3O4P.2H2O4S/c;;;;;3*1-5(2,3)4/h;;1H;1H3;;(H3,1,2,3,4);2*(H2,1,2,3,4)/q+2;+3;;;+2;;;/p-7. The predicted molar refractivity (Wildman–Crippen MR) is 34.5 cm³/mol. The second-order valence-electron chi connectivity index (χ2n) is 1.26. The van der Waals surface area contributed by atoms with Crippen molar-refractivity contribution in [3.05, 3.63) is 0 Å². The first-order valence-corrected chi connectivity index (χ1v) is 6.19. The maximum absolute atomic E-state index is 8.55. The summed E-state index contributed by atoms with van der Waals surface area (Å²) in [7, 11) is -15.7. The molecule has 13 nitrogen and oxygen atoms in total. The number of rotatable bonds is 0. The number of halogens is 1. The molecule has 0 atom stereocenters. The van der Waals surface area contributed by atoms with Crippen LogP contribution in [0.2, 0.25) is 0 Å². The largest absolute Gasteiger partial charge is 3.00 e. The molecule has 4 N–H and O–H groups in total. The summed E-state index contributed by atoms with van der Waals surface area (Å²) in [4.78, 5) is 25.6. The van der Waals surface area contributed by atoms with Gasteiger partial charge in [-0.05, 0) is 0 Å². The average molecular weight is 609 g/mol. The van der Waals surface area contributed by atoms with Gasteiger partial charge >= 0.3 is 71.7 Å². The molecule has 0 amide bonds. The van der Waals surface area contributed by atoms with E-state index in [1.54, 1.807) is 0 Å². The zero-order chi connectivity index (χ0) is 13.5. The van der Waals surface area contributed by atoms with Crippen LogP contribution < -0.4 is 25.5 Å². The normalized spacial score (nSPS) is 8.75. The van der Waals surface area contributed by atoms with Gasteiger partial charge in [0.1, 0.15) is 0 Å². The zero-order valence-electron chi connectivity index (χ0n) is 8.47. The first-order chi connectivity index (χ1) is 6.00. The van der Waals surface area contributed by atoms with Crippen molar-refractivity contribution in [1.82, 2.24) is 6.15 Å². The van der Waals surface area contributed by atoms with Crippen LogP contribution in [0, 0.1) is 38.2 Å². The number of quaternary nitrogens is 1. The van der Waals surface area contributed by atoms with E-state index in [4.69, 9.17) is 54.3 Å². The Balaban J connectivity index is -0.0000000160. The van der Waals surface area contributed by atoms with Crippen LogP contribution in [0.1, 0.15) is 0 Å². The molecule has 0 unspecified atom stereocenters. The van der Waals surface area contributed by atoms with Crippen LogP contribution in [0.5, 0.6) is 0 Å². The van der Waals surface area contributed by atoms with Gasteiger partial charge in [-0.15, -0.1) is 0 Å². The van der Waals surface area contributed by atoms with Gasteiger partial charge in [-0.1, -0.05) is 0 Å². The van der Waals surface area contributed by atoms with Gasteiger partial charge in [-0.3, -0.25) is 16.8 Å². The summed E-state index contributed by atoms with van der Waals surface area (Å²) < 4.78 is 76.7. The summed E-state index contributed by atoms with van der Waals surface area (Å²) in [5.74, 6) is 0. The molecular weight excluding hydrogens is 605 g/mol. The minimum Gasteiger partial charge on any atom is -1.00 e. The summed E-state index contributed by atoms with van der Waals surface area (Å²) in [6.45, 7) is 0. The molecule has 0 bridgehead atoms. The van der Waals surface area contributed by atoms with Gasteiger partial charge in [0, 0.05) is 20.8 Å². The third-order valence-corrected chi connectivity index (χ3v) is 0. The Morgan fingerprint density at radius 2 is 0.750 bits per heavy atom. The minimum absolute atomic E-state index is 0. The van der Waals surface area contributed by atoms with Crippen LogP contribution >= 0.6 is 7.82 Å². The molecule has 0 saturated heterocycles. The number of hydrogen-bond donors (Lipinski definition) is 1. The molecule has 0 aromatic rings. The van der Waals surface area contributed by atoms with Crippen molar-refractivity contribution >= 4 is 28.6 Å². The van der Waals surface area contributed by atoms with E-state index in [1.807, 2.05) is 0 Å². The third kappa shape index (κ3) is 1770. The average Bonchev–Trinajstić information content (AvgIpc) is 1.41. The van der Waals surface area contributed by atoms with E-state index in [9.17, 15) is 0 Å². The van der Waals surface area contributed by atoms with Crippen LogP contribution in [0.25, 0.3) is 0 Å². The zero-order valence-corrected chi connectivity index (χ0v) is 15.0. The van der Waals surface area contributed by atoms with Gasteiger partial charge in [0.05, 0.1) is 0 Å². The quantitative estimate of drug-likeness (QED) is 0.116. The van der Waals surface area contributed by atoms with Gasteiger partial charge in [0.15, 0.2) is 0 Å². The van der Waals surface area contributed by atoms with Gasteiger partial charge in [-0.2, -0.15) is 7.82 Å². The smallest absolute Gasteiger partial charge is 1.00 e. The topological polar surface area (TPSA) is 283 Å². The second-order valence-corrected chi connectivity index (χ2v) is 3.79. The van der Waals surface area contributed by atoms with Crippen LogP contribution in [0.15, 0.2) is 0 Å². The Labute approximate surface area is 164 Å². The predicted octanol–water partition coefficient (Wildman–Crippen LogP) is -8.13. The molecule has 0 rings (SSSR count). The molecule has 0 saturated carbocycles. The maximum atomic E-state index is 8.55. The maximum Gasteiger partial charge on any atom is 3.00 e. The van der Waals surface area contributed by atoms with E-state index in [2.05, 4.69) is 0 Å². The van der Waals surface area contributed by atoms with Crippen LogP contribution in [0.4, 0.5) is 0 Å². The molecule has 2 radical (unpaired) electrons. The molecule has 0 aromatic heterocycles. The van der Waals surface area contributed by atoms with Crippen molar-refractivity contribution < 1.29 is 131 Å². The summed E-state index contributed by atoms with van der Waals surface area (Å²) in [6, 6.07) is 0. The second kappa shape index (κ2) is 21.0. The molecule has 0 spiro atoms. The summed E-state index contributed by atoms with van der Waals surface area (Å²) in [5.41, 5.74) is 0. The molecule has 0 aliphatic heterocycles. The Kier molecular flexibility index (Phi) is 52.0. The van der Waals surface area contributed by atoms with Crippen LogP contribution in [-0.4, -0.2) is 35.0 Å². The molecule has 20 heteroatoms. The monoisotopic (exact) mass is 609 g/mol. The number of hydrogen-bond acceptors (Lipinski definition) is 12. The van der Waals surface area contributed by atoms with Crippen molar-refractivity contribution in [2.75, 3.05) is 0 Å². The van der Waals surface area contributed by atoms with E-state index < -0.39 is 28.6 Å². The molecule has 136 valence electrons. The summed E-state index contributed by atoms with van der Waals surface area (Å²) >= 11 is 0. The molecule has 0 aliphatic rings. The van der Waals surface area contributed by atoms with E-state index >= 15 is 0 Å². The van der Waals surface area contributed by atoms with E-state index in [0.29, 0.717) is 0 Å². The van der Waals surface area contributed by atoms with Crippen molar-refractivity contribution in [2.24, 2.45) is 0 Å². The summed E-state index contributed by atoms with van der Waals surface area (Å²) in [6.07, 6.45) is 0. The fourth-order valence-corrected chi connectivity index (χ4v) is 0. The van der Waals surface area contributed by atoms with Crippen molar-refractivity contribution in [1.29, 1.82) is 0 Å². The fourth-order valence-electron chi connectivity index (χ4n) is 0. The van der Waals surface area contributed by atoms with Gasteiger partial charge in [-0.25, -0.2) is 0 Å². The first kappa shape index (κ1) is 49.5. The molecule has 0 aliphatic carbocycles. The Morgan fingerprint density at radius 3 is 0.750 bits per heavy atom. The molecule has 0 aromatic carbocycles. The van der Waals surface area contributed by atoms with Crippen molar-refractivity contribution in [2.45, 2.75) is 0 Å². The van der Waals surface area contributed by atoms with Crippen LogP contribution in [-0.2, 0) is 58.9 Å². The van der Waals surface area contributed by atoms with Crippen LogP contribution in [0.3, 0.4) is 0 Å². The molecular formula is H4CuDyFNNiO12PS2. The molecule has 20 heavy (non-hydrogen) atoms. The minimum atomic E-state index is -5.39. The van der Waals surface area contributed by atoms with Gasteiger partial charge < -0.3 is 48.3 Å². The SMILES string of the molecule is O=P([O-])([O-])[O-].O=S(=O)([O-])[O-].O=S(=O)([O-])[O-].[Cu+2].[Dy+3].[F-].[NH4+].[Ni+2]. The molecule has 0 heterocycles. The number of phosphoric acid groups is 1. The Morgan fingerprint density at radius 1 is 0.750 bits per heavy atom. The van der Waals surface area contributed by atoms with E-state index in [1.165, 1.54) is 0 Å². The molecule has 0 fully saturated rings. The third-order valence-electron chi connectivity index (χ3n) is 0.